The third-order valence-corrected chi connectivity index (χ3v) is 10.3. The predicted octanol–water partition coefficient (Wildman–Crippen LogP) is 3.98. The molecule has 1 saturated carbocycles. The molecular formula is C15H24ClN3OSi. The van der Waals surface area contributed by atoms with Gasteiger partial charge in [-0.3, -0.25) is 0 Å². The molecule has 1 aromatic heterocycles. The lowest BCUT2D eigenvalue weighted by molar-refractivity contribution is 0.0371. The van der Waals surface area contributed by atoms with Crippen LogP contribution in [-0.2, 0) is 9.84 Å². The second-order valence-electron chi connectivity index (χ2n) is 7.93. The Morgan fingerprint density at radius 3 is 2.62 bits per heavy atom. The van der Waals surface area contributed by atoms with Gasteiger partial charge >= 0.3 is 0 Å². The Morgan fingerprint density at radius 1 is 1.33 bits per heavy atom. The van der Waals surface area contributed by atoms with E-state index in [-0.39, 0.29) is 10.5 Å². The lowest BCUT2D eigenvalue weighted by atomic mass is 9.64. The van der Waals surface area contributed by atoms with Gasteiger partial charge in [0.1, 0.15) is 17.3 Å². The highest BCUT2D eigenvalue weighted by molar-refractivity contribution is 6.74. The van der Waals surface area contributed by atoms with Crippen molar-refractivity contribution in [3.63, 3.8) is 0 Å². The Bertz CT molecular complexity index is 565. The van der Waals surface area contributed by atoms with Crippen molar-refractivity contribution in [2.24, 2.45) is 0 Å². The highest BCUT2D eigenvalue weighted by Crippen LogP contribution is 2.54. The molecule has 0 unspecified atom stereocenters. The summed E-state index contributed by atoms with van der Waals surface area (Å²) in [5.74, 6) is 0.903. The van der Waals surface area contributed by atoms with E-state index in [1.807, 2.05) is 0 Å². The molecule has 0 aromatic carbocycles. The van der Waals surface area contributed by atoms with Crippen LogP contribution in [0.15, 0.2) is 6.33 Å². The fraction of sp³-hybridized carbons (Fsp3) is 0.733. The van der Waals surface area contributed by atoms with Crippen molar-refractivity contribution in [2.45, 2.75) is 63.3 Å². The zero-order valence-corrected chi connectivity index (χ0v) is 15.2. The Hall–Kier alpha value is -0.653. The summed E-state index contributed by atoms with van der Waals surface area (Å²) in [5, 5.41) is 4.21. The molecule has 6 heteroatoms. The molecule has 0 bridgehead atoms. The predicted molar refractivity (Wildman–Crippen MR) is 88.5 cm³/mol. The first-order chi connectivity index (χ1) is 9.65. The molecule has 116 valence electrons. The second kappa shape index (κ2) is 4.67. The number of hydrogen-bond donors (Lipinski definition) is 1. The van der Waals surface area contributed by atoms with Crippen LogP contribution in [0.25, 0.3) is 0 Å². The monoisotopic (exact) mass is 325 g/mol. The van der Waals surface area contributed by atoms with Crippen LogP contribution in [0.2, 0.25) is 23.3 Å². The van der Waals surface area contributed by atoms with Gasteiger partial charge in [-0.1, -0.05) is 32.4 Å². The Morgan fingerprint density at radius 2 is 2.00 bits per heavy atom. The van der Waals surface area contributed by atoms with Crippen molar-refractivity contribution in [3.8, 4) is 0 Å². The van der Waals surface area contributed by atoms with Gasteiger partial charge < -0.3 is 9.74 Å². The fourth-order valence-corrected chi connectivity index (χ4v) is 4.83. The summed E-state index contributed by atoms with van der Waals surface area (Å²) >= 11 is 6.30. The number of nitrogens with zero attached hydrogens (tertiary/aromatic N) is 2. The fourth-order valence-electron chi connectivity index (χ4n) is 3.15. The molecule has 0 atom stereocenters. The molecule has 1 aliphatic heterocycles. The number of anilines is 1. The van der Waals surface area contributed by atoms with Crippen molar-refractivity contribution in [2.75, 3.05) is 11.9 Å². The van der Waals surface area contributed by atoms with Crippen LogP contribution in [-0.4, -0.2) is 30.9 Å². The smallest absolute Gasteiger partial charge is 0.192 e. The third-order valence-electron chi connectivity index (χ3n) is 5.43. The Kier molecular flexibility index (Phi) is 3.39. The molecule has 1 aromatic rings. The third kappa shape index (κ3) is 2.39. The minimum atomic E-state index is -1.70. The largest absolute Gasteiger partial charge is 0.414 e. The zero-order valence-electron chi connectivity index (χ0n) is 13.5. The lowest BCUT2D eigenvalue weighted by Crippen LogP contribution is -2.53. The molecule has 1 spiro atoms. The van der Waals surface area contributed by atoms with Gasteiger partial charge in [-0.05, 0) is 31.0 Å². The molecule has 21 heavy (non-hydrogen) atoms. The summed E-state index contributed by atoms with van der Waals surface area (Å²) < 4.78 is 6.51. The molecule has 0 saturated heterocycles. The number of fused-ring (bicyclic) bond motifs is 2. The molecule has 1 aliphatic carbocycles. The summed E-state index contributed by atoms with van der Waals surface area (Å²) in [6.45, 7) is 12.4. The zero-order chi connectivity index (χ0) is 15.5. The number of halogens is 1. The van der Waals surface area contributed by atoms with Crippen LogP contribution in [0.4, 0.5) is 5.82 Å². The number of aromatic nitrogens is 2. The Labute approximate surface area is 132 Å². The molecule has 0 radical (unpaired) electrons. The molecule has 1 N–H and O–H groups in total. The van der Waals surface area contributed by atoms with Gasteiger partial charge in [0.05, 0.1) is 0 Å². The maximum absolute atomic E-state index is 6.51. The average Bonchev–Trinajstić information content (AvgIpc) is 2.68. The van der Waals surface area contributed by atoms with Crippen molar-refractivity contribution >= 4 is 25.7 Å². The van der Waals surface area contributed by atoms with E-state index in [4.69, 9.17) is 16.0 Å². The Balaban J connectivity index is 1.73. The van der Waals surface area contributed by atoms with Gasteiger partial charge in [0.2, 0.25) is 0 Å². The van der Waals surface area contributed by atoms with E-state index in [9.17, 15) is 0 Å². The molecule has 2 heterocycles. The molecule has 1 fully saturated rings. The van der Waals surface area contributed by atoms with Gasteiger partial charge in [-0.2, -0.15) is 0 Å². The summed E-state index contributed by atoms with van der Waals surface area (Å²) in [5.41, 5.74) is 1.18. The van der Waals surface area contributed by atoms with E-state index in [1.54, 1.807) is 0 Å². The first-order valence-electron chi connectivity index (χ1n) is 7.57. The topological polar surface area (TPSA) is 47.0 Å². The number of hydrogen-bond acceptors (Lipinski definition) is 4. The maximum Gasteiger partial charge on any atom is 0.192 e. The van der Waals surface area contributed by atoms with Gasteiger partial charge in [-0.15, -0.1) is 0 Å². The summed E-state index contributed by atoms with van der Waals surface area (Å²) in [6.07, 6.45) is 3.91. The normalized spacial score (nSPS) is 28.2. The lowest BCUT2D eigenvalue weighted by Gasteiger charge is -2.49. The van der Waals surface area contributed by atoms with E-state index >= 15 is 0 Å². The van der Waals surface area contributed by atoms with E-state index in [0.717, 1.165) is 30.8 Å². The number of rotatable bonds is 2. The van der Waals surface area contributed by atoms with Crippen LogP contribution in [0.3, 0.4) is 0 Å². The van der Waals surface area contributed by atoms with Crippen LogP contribution in [0.5, 0.6) is 0 Å². The highest BCUT2D eigenvalue weighted by atomic mass is 35.5. The minimum absolute atomic E-state index is 0.0840. The summed E-state index contributed by atoms with van der Waals surface area (Å²) in [4.78, 5) is 8.45. The van der Waals surface area contributed by atoms with E-state index in [2.05, 4.69) is 49.1 Å². The highest BCUT2D eigenvalue weighted by Gasteiger charge is 2.54. The molecule has 0 amide bonds. The molecule has 3 rings (SSSR count). The van der Waals surface area contributed by atoms with E-state index < -0.39 is 8.32 Å². The van der Waals surface area contributed by atoms with Gasteiger partial charge in [0, 0.05) is 23.6 Å². The van der Waals surface area contributed by atoms with Gasteiger partial charge in [-0.25, -0.2) is 9.97 Å². The van der Waals surface area contributed by atoms with Crippen LogP contribution in [0.1, 0.15) is 39.2 Å². The van der Waals surface area contributed by atoms with E-state index in [0.29, 0.717) is 11.3 Å². The van der Waals surface area contributed by atoms with Gasteiger partial charge in [0.25, 0.3) is 0 Å². The quantitative estimate of drug-likeness (QED) is 0.660. The molecule has 2 aliphatic rings. The van der Waals surface area contributed by atoms with Crippen molar-refractivity contribution in [1.82, 2.24) is 9.97 Å². The van der Waals surface area contributed by atoms with Crippen LogP contribution in [0, 0.1) is 0 Å². The number of nitrogens with one attached hydrogen (secondary N) is 1. The van der Waals surface area contributed by atoms with Crippen molar-refractivity contribution in [1.29, 1.82) is 0 Å². The second-order valence-corrected chi connectivity index (χ2v) is 13.0. The van der Waals surface area contributed by atoms with Crippen LogP contribution >= 0.6 is 11.6 Å². The first-order valence-corrected chi connectivity index (χ1v) is 10.9. The summed E-state index contributed by atoms with van der Waals surface area (Å²) in [7, 11) is -1.70. The van der Waals surface area contributed by atoms with Crippen LogP contribution < -0.4 is 5.32 Å². The first kappa shape index (κ1) is 15.3. The van der Waals surface area contributed by atoms with Gasteiger partial charge in [0.15, 0.2) is 8.32 Å². The maximum atomic E-state index is 6.51. The minimum Gasteiger partial charge on any atom is -0.414 e. The average molecular weight is 326 g/mol. The molecule has 4 nitrogen and oxygen atoms in total. The molecular weight excluding hydrogens is 302 g/mol. The van der Waals surface area contributed by atoms with E-state index in [1.165, 1.54) is 6.33 Å². The van der Waals surface area contributed by atoms with Crippen molar-refractivity contribution in [3.05, 3.63) is 17.0 Å². The summed E-state index contributed by atoms with van der Waals surface area (Å²) in [6, 6.07) is 0. The van der Waals surface area contributed by atoms with Crippen molar-refractivity contribution < 1.29 is 4.43 Å². The standard InChI is InChI=1S/C15H24ClN3OSi/c1-14(2,3)21(4,5)20-10-6-15(7-10)8-17-13-11(15)12(16)18-9-19-13/h9-10H,6-8H2,1-5H3,(H,17,18,19). The SMILES string of the molecule is CC(C)(C)[Si](C)(C)OC1CC2(CNc3ncnc(Cl)c32)C1.